The molecule has 5 nitrogen and oxygen atoms in total. The van der Waals surface area contributed by atoms with Crippen LogP contribution in [0.5, 0.6) is 5.75 Å². The Morgan fingerprint density at radius 1 is 1.38 bits per heavy atom. The summed E-state index contributed by atoms with van der Waals surface area (Å²) in [4.78, 5) is 7.30. The largest absolute Gasteiger partial charge is 0.497 e. The fraction of sp³-hybridized carbons (Fsp3) is 0.500. The van der Waals surface area contributed by atoms with Crippen molar-refractivity contribution in [1.82, 2.24) is 15.2 Å². The lowest BCUT2D eigenvalue weighted by Crippen LogP contribution is -2.64. The molecule has 4 aliphatic heterocycles. The van der Waals surface area contributed by atoms with Crippen molar-refractivity contribution in [2.24, 2.45) is 5.92 Å². The Balaban J connectivity index is 1.34. The molecular weight excluding hydrogens is 320 g/mol. The number of nitrogens with one attached hydrogen (secondary N) is 2. The van der Waals surface area contributed by atoms with E-state index >= 15 is 0 Å². The van der Waals surface area contributed by atoms with Gasteiger partial charge in [-0.05, 0) is 62.5 Å². The molecule has 24 heavy (non-hydrogen) atoms. The van der Waals surface area contributed by atoms with Crippen LogP contribution in [0.1, 0.15) is 19.3 Å². The van der Waals surface area contributed by atoms with Gasteiger partial charge in [0.05, 0.1) is 22.9 Å². The van der Waals surface area contributed by atoms with E-state index in [1.807, 2.05) is 18.2 Å². The van der Waals surface area contributed by atoms with Gasteiger partial charge in [-0.15, -0.1) is 0 Å². The van der Waals surface area contributed by atoms with Crippen LogP contribution in [0.4, 0.5) is 5.13 Å². The van der Waals surface area contributed by atoms with Gasteiger partial charge in [0, 0.05) is 6.54 Å². The molecule has 3 saturated heterocycles. The standard InChI is InChI=1S/C18H22N4OS/c1-23-13-2-3-14-15(10-13)24-17(19-14)20-16-4-7-18(21-16)11-22-8-5-12(18)6-9-22/h2-4,10,12,21H,5-9,11H2,1H3,(H,19,20). The van der Waals surface area contributed by atoms with Crippen LogP contribution in [0.3, 0.4) is 0 Å². The van der Waals surface area contributed by atoms with Crippen LogP contribution in [0.25, 0.3) is 10.2 Å². The lowest BCUT2D eigenvalue weighted by Gasteiger charge is -2.52. The van der Waals surface area contributed by atoms with Crippen molar-refractivity contribution in [2.75, 3.05) is 32.1 Å². The first-order chi connectivity index (χ1) is 11.7. The van der Waals surface area contributed by atoms with Crippen molar-refractivity contribution >= 4 is 26.7 Å². The molecule has 2 N–H and O–H groups in total. The van der Waals surface area contributed by atoms with E-state index in [0.29, 0.717) is 0 Å². The molecule has 1 aromatic carbocycles. The maximum atomic E-state index is 5.30. The van der Waals surface area contributed by atoms with E-state index in [4.69, 9.17) is 9.72 Å². The number of nitrogens with zero attached hydrogens (tertiary/aromatic N) is 2. The topological polar surface area (TPSA) is 49.4 Å². The number of anilines is 1. The first kappa shape index (κ1) is 14.5. The molecule has 1 atom stereocenters. The number of rotatable bonds is 3. The molecule has 126 valence electrons. The van der Waals surface area contributed by atoms with Crippen molar-refractivity contribution in [3.8, 4) is 5.75 Å². The number of fused-ring (bicyclic) bond motifs is 3. The first-order valence-corrected chi connectivity index (χ1v) is 9.48. The fourth-order valence-corrected chi connectivity index (χ4v) is 5.39. The molecular formula is C18H22N4OS. The predicted octanol–water partition coefficient (Wildman–Crippen LogP) is 3.02. The zero-order valence-corrected chi connectivity index (χ0v) is 14.7. The third kappa shape index (κ3) is 2.28. The molecule has 0 radical (unpaired) electrons. The van der Waals surface area contributed by atoms with Gasteiger partial charge in [0.25, 0.3) is 0 Å². The summed E-state index contributed by atoms with van der Waals surface area (Å²) in [5.74, 6) is 2.80. The highest BCUT2D eigenvalue weighted by atomic mass is 32.1. The molecule has 5 heterocycles. The van der Waals surface area contributed by atoms with E-state index in [1.165, 1.54) is 32.5 Å². The Kier molecular flexibility index (Phi) is 3.25. The lowest BCUT2D eigenvalue weighted by atomic mass is 9.72. The Bertz CT molecular complexity index is 808. The summed E-state index contributed by atoms with van der Waals surface area (Å²) in [5, 5.41) is 8.24. The molecule has 1 unspecified atom stereocenters. The van der Waals surface area contributed by atoms with Crippen LogP contribution in [0, 0.1) is 5.92 Å². The summed E-state index contributed by atoms with van der Waals surface area (Å²) >= 11 is 1.67. The van der Waals surface area contributed by atoms with E-state index in [0.717, 1.165) is 39.3 Å². The second-order valence-electron chi connectivity index (χ2n) is 7.13. The van der Waals surface area contributed by atoms with Gasteiger partial charge < -0.3 is 20.3 Å². The Morgan fingerprint density at radius 2 is 2.25 bits per heavy atom. The summed E-state index contributed by atoms with van der Waals surface area (Å²) in [6.07, 6.45) is 6.09. The van der Waals surface area contributed by atoms with Crippen molar-refractivity contribution in [3.05, 3.63) is 30.1 Å². The first-order valence-electron chi connectivity index (χ1n) is 8.66. The van der Waals surface area contributed by atoms with Crippen LogP contribution < -0.4 is 15.4 Å². The van der Waals surface area contributed by atoms with E-state index in [2.05, 4.69) is 21.6 Å². The van der Waals surface area contributed by atoms with E-state index in [1.54, 1.807) is 18.4 Å². The molecule has 1 spiro atoms. The van der Waals surface area contributed by atoms with E-state index < -0.39 is 0 Å². The zero-order valence-electron chi connectivity index (χ0n) is 13.8. The highest BCUT2D eigenvalue weighted by Crippen LogP contribution is 2.41. The fourth-order valence-electron chi connectivity index (χ4n) is 4.48. The monoisotopic (exact) mass is 342 g/mol. The minimum Gasteiger partial charge on any atom is -0.497 e. The zero-order chi connectivity index (χ0) is 16.1. The summed E-state index contributed by atoms with van der Waals surface area (Å²) in [5.41, 5.74) is 1.26. The van der Waals surface area contributed by atoms with Gasteiger partial charge in [-0.1, -0.05) is 11.3 Å². The van der Waals surface area contributed by atoms with Gasteiger partial charge in [0.1, 0.15) is 11.6 Å². The molecule has 1 aromatic heterocycles. The maximum absolute atomic E-state index is 5.30. The number of thiazole rings is 1. The molecule has 2 aromatic rings. The average Bonchev–Trinajstić information content (AvgIpc) is 3.19. The summed E-state index contributed by atoms with van der Waals surface area (Å²) < 4.78 is 6.44. The SMILES string of the molecule is COc1ccc2nc(NC3=CCC4(CN5CCC4CC5)N3)sc2c1. The molecule has 2 bridgehead atoms. The molecule has 3 fully saturated rings. The Morgan fingerprint density at radius 3 is 3.00 bits per heavy atom. The quantitative estimate of drug-likeness (QED) is 0.898. The summed E-state index contributed by atoms with van der Waals surface area (Å²) in [6.45, 7) is 3.73. The number of aromatic nitrogens is 1. The minimum absolute atomic E-state index is 0.249. The number of benzene rings is 1. The van der Waals surface area contributed by atoms with Crippen LogP contribution in [0.2, 0.25) is 0 Å². The second kappa shape index (κ2) is 5.36. The number of piperidine rings is 3. The van der Waals surface area contributed by atoms with Crippen molar-refractivity contribution in [3.63, 3.8) is 0 Å². The molecule has 0 aliphatic carbocycles. The molecule has 6 rings (SSSR count). The van der Waals surface area contributed by atoms with Crippen molar-refractivity contribution in [2.45, 2.75) is 24.8 Å². The summed E-state index contributed by atoms with van der Waals surface area (Å²) in [7, 11) is 1.70. The molecule has 6 heteroatoms. The van der Waals surface area contributed by atoms with Crippen LogP contribution >= 0.6 is 11.3 Å². The lowest BCUT2D eigenvalue weighted by molar-refractivity contribution is 0.0189. The van der Waals surface area contributed by atoms with Gasteiger partial charge in [-0.2, -0.15) is 0 Å². The van der Waals surface area contributed by atoms with E-state index in [-0.39, 0.29) is 5.54 Å². The predicted molar refractivity (Wildman–Crippen MR) is 97.5 cm³/mol. The number of hydrogen-bond donors (Lipinski definition) is 2. The Hall–Kier alpha value is -1.79. The second-order valence-corrected chi connectivity index (χ2v) is 8.16. The van der Waals surface area contributed by atoms with Crippen molar-refractivity contribution in [1.29, 1.82) is 0 Å². The van der Waals surface area contributed by atoms with Gasteiger partial charge in [0.2, 0.25) is 0 Å². The highest BCUT2D eigenvalue weighted by molar-refractivity contribution is 7.22. The van der Waals surface area contributed by atoms with Gasteiger partial charge in [-0.25, -0.2) is 4.98 Å². The summed E-state index contributed by atoms with van der Waals surface area (Å²) in [6, 6.07) is 6.02. The van der Waals surface area contributed by atoms with Crippen molar-refractivity contribution < 1.29 is 4.74 Å². The normalized spacial score (nSPS) is 31.3. The smallest absolute Gasteiger partial charge is 0.189 e. The third-order valence-electron chi connectivity index (χ3n) is 5.77. The Labute approximate surface area is 145 Å². The third-order valence-corrected chi connectivity index (χ3v) is 6.70. The van der Waals surface area contributed by atoms with Crippen LogP contribution in [0.15, 0.2) is 30.1 Å². The van der Waals surface area contributed by atoms with Crippen LogP contribution in [-0.4, -0.2) is 42.2 Å². The number of hydrogen-bond acceptors (Lipinski definition) is 6. The van der Waals surface area contributed by atoms with Gasteiger partial charge in [-0.3, -0.25) is 0 Å². The molecule has 0 saturated carbocycles. The minimum atomic E-state index is 0.249. The average molecular weight is 342 g/mol. The maximum Gasteiger partial charge on any atom is 0.189 e. The van der Waals surface area contributed by atoms with E-state index in [9.17, 15) is 0 Å². The highest BCUT2D eigenvalue weighted by Gasteiger charge is 2.48. The molecule has 0 amide bonds. The van der Waals surface area contributed by atoms with Gasteiger partial charge in [0.15, 0.2) is 5.13 Å². The van der Waals surface area contributed by atoms with Crippen LogP contribution in [-0.2, 0) is 0 Å². The van der Waals surface area contributed by atoms with Gasteiger partial charge >= 0.3 is 0 Å². The molecule has 4 aliphatic rings. The number of ether oxygens (including phenoxy) is 1. The number of methoxy groups -OCH3 is 1.